The summed E-state index contributed by atoms with van der Waals surface area (Å²) in [7, 11) is -3.73. The number of sulfonamides is 1. The molecule has 2 heterocycles. The number of amides is 2. The Morgan fingerprint density at radius 3 is 2.41 bits per heavy atom. The summed E-state index contributed by atoms with van der Waals surface area (Å²) in [6.45, 7) is 2.71. The number of nitrogens with one attached hydrogen (secondary N) is 2. The molecule has 156 valence electrons. The van der Waals surface area contributed by atoms with Crippen LogP contribution in [0.4, 0.5) is 4.39 Å². The minimum Gasteiger partial charge on any atom is -0.351 e. The summed E-state index contributed by atoms with van der Waals surface area (Å²) in [5, 5.41) is 2.70. The predicted octanol–water partition coefficient (Wildman–Crippen LogP) is 2.11. The number of halogens is 1. The van der Waals surface area contributed by atoms with Crippen LogP contribution in [-0.4, -0.2) is 44.3 Å². The van der Waals surface area contributed by atoms with Crippen molar-refractivity contribution in [1.82, 2.24) is 14.9 Å². The molecule has 1 aromatic carbocycles. The molecule has 2 aromatic rings. The van der Waals surface area contributed by atoms with Crippen LogP contribution in [-0.2, 0) is 21.4 Å². The highest BCUT2D eigenvalue weighted by Gasteiger charge is 2.27. The maximum Gasteiger partial charge on any atom is 0.263 e. The van der Waals surface area contributed by atoms with Crippen molar-refractivity contribution in [2.75, 3.05) is 13.1 Å². The molecule has 29 heavy (non-hydrogen) atoms. The molecule has 7 nitrogen and oxygen atoms in total. The van der Waals surface area contributed by atoms with Crippen molar-refractivity contribution in [2.45, 2.75) is 37.2 Å². The monoisotopic (exact) mass is 439 g/mol. The molecule has 0 radical (unpaired) electrons. The van der Waals surface area contributed by atoms with E-state index < -0.39 is 15.8 Å². The molecule has 0 atom stereocenters. The van der Waals surface area contributed by atoms with Gasteiger partial charge in [0.25, 0.3) is 5.91 Å². The van der Waals surface area contributed by atoms with E-state index in [1.807, 2.05) is 6.07 Å². The average Bonchev–Trinajstić information content (AvgIpc) is 3.15. The first-order valence-corrected chi connectivity index (χ1v) is 11.4. The highest BCUT2D eigenvalue weighted by molar-refractivity contribution is 7.89. The second-order valence-corrected chi connectivity index (χ2v) is 9.70. The van der Waals surface area contributed by atoms with Gasteiger partial charge in [0, 0.05) is 30.9 Å². The summed E-state index contributed by atoms with van der Waals surface area (Å²) in [6.07, 6.45) is 0.993. The van der Waals surface area contributed by atoms with Crippen molar-refractivity contribution in [2.24, 2.45) is 0 Å². The fourth-order valence-corrected chi connectivity index (χ4v) is 5.28. The lowest BCUT2D eigenvalue weighted by Gasteiger charge is -2.32. The van der Waals surface area contributed by atoms with Gasteiger partial charge < -0.3 is 10.2 Å². The maximum atomic E-state index is 13.0. The Morgan fingerprint density at radius 2 is 1.79 bits per heavy atom. The van der Waals surface area contributed by atoms with E-state index in [0.717, 1.165) is 17.0 Å². The van der Waals surface area contributed by atoms with Crippen LogP contribution in [0.25, 0.3) is 0 Å². The third-order valence-corrected chi connectivity index (χ3v) is 7.22. The van der Waals surface area contributed by atoms with E-state index in [1.165, 1.54) is 30.4 Å². The van der Waals surface area contributed by atoms with E-state index >= 15 is 0 Å². The second-order valence-electron chi connectivity index (χ2n) is 6.82. The first-order chi connectivity index (χ1) is 13.7. The lowest BCUT2D eigenvalue weighted by atomic mass is 10.1. The van der Waals surface area contributed by atoms with Crippen LogP contribution >= 0.6 is 11.3 Å². The van der Waals surface area contributed by atoms with Crippen molar-refractivity contribution < 1.29 is 22.4 Å². The third kappa shape index (κ3) is 5.62. The van der Waals surface area contributed by atoms with Crippen molar-refractivity contribution >= 4 is 33.2 Å². The fraction of sp³-hybridized carbons (Fsp3) is 0.368. The topological polar surface area (TPSA) is 95.6 Å². The van der Waals surface area contributed by atoms with Gasteiger partial charge in [-0.1, -0.05) is 0 Å². The Hall–Kier alpha value is -2.30. The van der Waals surface area contributed by atoms with E-state index in [1.54, 1.807) is 11.0 Å². The minimum atomic E-state index is -3.73. The molecule has 0 saturated carbocycles. The molecule has 0 unspecified atom stereocenters. The number of nitrogens with zero attached hydrogens (tertiary/aromatic N) is 1. The molecule has 3 rings (SSSR count). The summed E-state index contributed by atoms with van der Waals surface area (Å²) < 4.78 is 40.5. The van der Waals surface area contributed by atoms with E-state index in [-0.39, 0.29) is 22.8 Å². The molecule has 2 N–H and O–H groups in total. The standard InChI is InChI=1S/C19H22FN3O4S2/c1-13(24)21-12-16-4-7-18(28-16)19(25)23-10-8-15(9-11-23)22-29(26,27)17-5-2-14(20)3-6-17/h2-7,15,22H,8-12H2,1H3,(H,21,24). The van der Waals surface area contributed by atoms with Gasteiger partial charge in [0.05, 0.1) is 16.3 Å². The predicted molar refractivity (Wildman–Crippen MR) is 107 cm³/mol. The van der Waals surface area contributed by atoms with Gasteiger partial charge in [-0.2, -0.15) is 0 Å². The number of benzene rings is 1. The number of hydrogen-bond donors (Lipinski definition) is 2. The number of piperidine rings is 1. The largest absolute Gasteiger partial charge is 0.351 e. The van der Waals surface area contributed by atoms with Crippen LogP contribution in [0.2, 0.25) is 0 Å². The molecule has 0 aliphatic carbocycles. The van der Waals surface area contributed by atoms with E-state index in [2.05, 4.69) is 10.0 Å². The molecule has 1 fully saturated rings. The lowest BCUT2D eigenvalue weighted by molar-refractivity contribution is -0.119. The number of thiophene rings is 1. The van der Waals surface area contributed by atoms with Crippen molar-refractivity contribution in [3.8, 4) is 0 Å². The zero-order chi connectivity index (χ0) is 21.0. The van der Waals surface area contributed by atoms with Crippen LogP contribution in [0.5, 0.6) is 0 Å². The van der Waals surface area contributed by atoms with E-state index in [9.17, 15) is 22.4 Å². The van der Waals surface area contributed by atoms with Gasteiger partial charge in [-0.15, -0.1) is 11.3 Å². The molecule has 0 bridgehead atoms. The van der Waals surface area contributed by atoms with Crippen molar-refractivity contribution in [3.05, 3.63) is 52.0 Å². The fourth-order valence-electron chi connectivity index (χ4n) is 3.06. The Bertz CT molecular complexity index is 981. The highest BCUT2D eigenvalue weighted by Crippen LogP contribution is 2.21. The Morgan fingerprint density at radius 1 is 1.14 bits per heavy atom. The van der Waals surface area contributed by atoms with Crippen LogP contribution in [0.1, 0.15) is 34.3 Å². The summed E-state index contributed by atoms with van der Waals surface area (Å²) >= 11 is 1.34. The average molecular weight is 440 g/mol. The molecular formula is C19H22FN3O4S2. The van der Waals surface area contributed by atoms with E-state index in [0.29, 0.717) is 37.4 Å². The number of hydrogen-bond acceptors (Lipinski definition) is 5. The molecule has 1 aromatic heterocycles. The molecule has 1 aliphatic heterocycles. The highest BCUT2D eigenvalue weighted by atomic mass is 32.2. The van der Waals surface area contributed by atoms with Crippen LogP contribution in [0.3, 0.4) is 0 Å². The molecule has 2 amide bonds. The number of carbonyl (C=O) groups is 2. The number of carbonyl (C=O) groups excluding carboxylic acids is 2. The number of likely N-dealkylation sites (tertiary alicyclic amines) is 1. The zero-order valence-corrected chi connectivity index (χ0v) is 17.5. The minimum absolute atomic E-state index is 0.0164. The lowest BCUT2D eigenvalue weighted by Crippen LogP contribution is -2.46. The van der Waals surface area contributed by atoms with Crippen molar-refractivity contribution in [3.63, 3.8) is 0 Å². The SMILES string of the molecule is CC(=O)NCc1ccc(C(=O)N2CCC(NS(=O)(=O)c3ccc(F)cc3)CC2)s1. The van der Waals surface area contributed by atoms with Crippen LogP contribution in [0, 0.1) is 5.82 Å². The Labute approximate surface area is 173 Å². The van der Waals surface area contributed by atoms with Crippen LogP contribution in [0.15, 0.2) is 41.3 Å². The molecule has 10 heteroatoms. The molecular weight excluding hydrogens is 417 g/mol. The van der Waals surface area contributed by atoms with Gasteiger partial charge in [0.1, 0.15) is 5.82 Å². The van der Waals surface area contributed by atoms with Crippen molar-refractivity contribution in [1.29, 1.82) is 0 Å². The summed E-state index contributed by atoms with van der Waals surface area (Å²) in [5.41, 5.74) is 0. The van der Waals surface area contributed by atoms with Gasteiger partial charge >= 0.3 is 0 Å². The first-order valence-electron chi connectivity index (χ1n) is 9.15. The molecule has 1 aliphatic rings. The van der Waals surface area contributed by atoms with Gasteiger partial charge in [-0.25, -0.2) is 17.5 Å². The summed E-state index contributed by atoms with van der Waals surface area (Å²) in [4.78, 5) is 26.9. The third-order valence-electron chi connectivity index (χ3n) is 4.61. The smallest absolute Gasteiger partial charge is 0.263 e. The maximum absolute atomic E-state index is 13.0. The Kier molecular flexibility index (Phi) is 6.66. The zero-order valence-electron chi connectivity index (χ0n) is 15.9. The van der Waals surface area contributed by atoms with Gasteiger partial charge in [-0.3, -0.25) is 9.59 Å². The second kappa shape index (κ2) is 9.02. The quantitative estimate of drug-likeness (QED) is 0.721. The normalized spacial score (nSPS) is 15.3. The first kappa shape index (κ1) is 21.4. The summed E-state index contributed by atoms with van der Waals surface area (Å²) in [5.74, 6) is -0.718. The Balaban J connectivity index is 1.54. The van der Waals surface area contributed by atoms with Crippen LogP contribution < -0.4 is 10.0 Å². The van der Waals surface area contributed by atoms with Gasteiger partial charge in [0.2, 0.25) is 15.9 Å². The number of rotatable bonds is 6. The van der Waals surface area contributed by atoms with E-state index in [4.69, 9.17) is 0 Å². The van der Waals surface area contributed by atoms with Gasteiger partial charge in [0.15, 0.2) is 0 Å². The molecule has 0 spiro atoms. The summed E-state index contributed by atoms with van der Waals surface area (Å²) in [6, 6.07) is 7.95. The molecule has 1 saturated heterocycles. The van der Waals surface area contributed by atoms with Gasteiger partial charge in [-0.05, 0) is 49.2 Å².